The number of methoxy groups -OCH3 is 1. The number of rotatable bonds is 3. The predicted octanol–water partition coefficient (Wildman–Crippen LogP) is 2.76. The summed E-state index contributed by atoms with van der Waals surface area (Å²) in [6.45, 7) is 4.30. The number of likely N-dealkylation sites (tertiary alicyclic amines) is 1. The van der Waals surface area contributed by atoms with Crippen LogP contribution in [0.15, 0.2) is 35.1 Å². The molecule has 1 aliphatic heterocycles. The number of esters is 1. The van der Waals surface area contributed by atoms with E-state index in [9.17, 15) is 14.4 Å². The van der Waals surface area contributed by atoms with E-state index >= 15 is 0 Å². The molecule has 3 rings (SSSR count). The molecule has 1 fully saturated rings. The fraction of sp³-hybridized carbons (Fsp3) is 0.350. The van der Waals surface area contributed by atoms with Crippen LogP contribution in [-0.4, -0.2) is 35.4 Å². The third kappa shape index (κ3) is 3.27. The van der Waals surface area contributed by atoms with Gasteiger partial charge in [-0.2, -0.15) is 0 Å². The molecule has 1 aromatic carbocycles. The summed E-state index contributed by atoms with van der Waals surface area (Å²) in [5, 5.41) is 0. The first-order valence-corrected chi connectivity index (χ1v) is 8.62. The molecule has 2 aromatic rings. The average Bonchev–Trinajstić information content (AvgIpc) is 3.09. The Morgan fingerprint density at radius 1 is 1.19 bits per heavy atom. The Morgan fingerprint density at radius 2 is 1.96 bits per heavy atom. The zero-order chi connectivity index (χ0) is 18.8. The van der Waals surface area contributed by atoms with Gasteiger partial charge in [0.25, 0.3) is 11.5 Å². The highest BCUT2D eigenvalue weighted by Gasteiger charge is 2.32. The Balaban J connectivity index is 1.92. The van der Waals surface area contributed by atoms with Crippen LogP contribution >= 0.6 is 0 Å². The highest BCUT2D eigenvalue weighted by atomic mass is 16.5. The van der Waals surface area contributed by atoms with E-state index in [0.29, 0.717) is 12.1 Å². The van der Waals surface area contributed by atoms with E-state index < -0.39 is 0 Å². The van der Waals surface area contributed by atoms with Crippen molar-refractivity contribution in [2.24, 2.45) is 0 Å². The highest BCUT2D eigenvalue weighted by molar-refractivity contribution is 5.94. The van der Waals surface area contributed by atoms with Crippen molar-refractivity contribution in [3.05, 3.63) is 68.6 Å². The number of carbonyl (C=O) groups is 2. The number of ether oxygens (including phenoxy) is 1. The average molecular weight is 354 g/mol. The molecule has 0 bridgehead atoms. The number of carbonyl (C=O) groups excluding carboxylic acids is 2. The van der Waals surface area contributed by atoms with Gasteiger partial charge in [-0.05, 0) is 62.1 Å². The van der Waals surface area contributed by atoms with Gasteiger partial charge in [-0.15, -0.1) is 0 Å². The molecule has 2 heterocycles. The minimum Gasteiger partial charge on any atom is -0.465 e. The fourth-order valence-electron chi connectivity index (χ4n) is 3.52. The number of hydrogen-bond donors (Lipinski definition) is 1. The van der Waals surface area contributed by atoms with E-state index in [1.54, 1.807) is 36.1 Å². The molecule has 0 aliphatic carbocycles. The molecule has 6 heteroatoms. The number of nitrogens with one attached hydrogen (secondary N) is 1. The molecule has 6 nitrogen and oxygen atoms in total. The van der Waals surface area contributed by atoms with Crippen molar-refractivity contribution < 1.29 is 14.3 Å². The highest BCUT2D eigenvalue weighted by Crippen LogP contribution is 2.34. The molecule has 26 heavy (non-hydrogen) atoms. The number of hydrogen-bond acceptors (Lipinski definition) is 4. The van der Waals surface area contributed by atoms with E-state index in [1.807, 2.05) is 13.0 Å². The van der Waals surface area contributed by atoms with Crippen LogP contribution in [0.2, 0.25) is 0 Å². The Hall–Kier alpha value is -2.89. The van der Waals surface area contributed by atoms with E-state index in [2.05, 4.69) is 4.98 Å². The lowest BCUT2D eigenvalue weighted by Gasteiger charge is -2.26. The van der Waals surface area contributed by atoms with Crippen LogP contribution in [0.4, 0.5) is 0 Å². The monoisotopic (exact) mass is 354 g/mol. The molecule has 1 aliphatic rings. The van der Waals surface area contributed by atoms with Crippen LogP contribution in [-0.2, 0) is 4.74 Å². The summed E-state index contributed by atoms with van der Waals surface area (Å²) in [6.07, 6.45) is 1.70. The van der Waals surface area contributed by atoms with Gasteiger partial charge in [0.05, 0.1) is 18.7 Å². The van der Waals surface area contributed by atoms with Crippen molar-refractivity contribution in [1.82, 2.24) is 9.88 Å². The quantitative estimate of drug-likeness (QED) is 0.860. The predicted molar refractivity (Wildman–Crippen MR) is 97.3 cm³/mol. The Morgan fingerprint density at radius 3 is 2.62 bits per heavy atom. The molecule has 0 spiro atoms. The molecular weight excluding hydrogens is 332 g/mol. The fourth-order valence-corrected chi connectivity index (χ4v) is 3.52. The number of aromatic amines is 1. The second-order valence-electron chi connectivity index (χ2n) is 6.60. The van der Waals surface area contributed by atoms with Gasteiger partial charge in [-0.1, -0.05) is 6.07 Å². The molecule has 0 unspecified atom stereocenters. The summed E-state index contributed by atoms with van der Waals surface area (Å²) in [5.41, 5.74) is 2.92. The first-order chi connectivity index (χ1) is 12.4. The smallest absolute Gasteiger partial charge is 0.337 e. The van der Waals surface area contributed by atoms with Gasteiger partial charge in [0.2, 0.25) is 0 Å². The number of aromatic nitrogens is 1. The zero-order valence-electron chi connectivity index (χ0n) is 15.2. The van der Waals surface area contributed by atoms with Gasteiger partial charge in [-0.25, -0.2) is 4.79 Å². The maximum absolute atomic E-state index is 12.9. The van der Waals surface area contributed by atoms with Crippen molar-refractivity contribution >= 4 is 11.9 Å². The number of aryl methyl sites for hydroxylation is 2. The largest absolute Gasteiger partial charge is 0.465 e. The molecule has 0 saturated carbocycles. The Bertz CT molecular complexity index is 916. The summed E-state index contributed by atoms with van der Waals surface area (Å²) < 4.78 is 4.75. The van der Waals surface area contributed by atoms with Gasteiger partial charge in [0, 0.05) is 12.2 Å². The SMILES string of the molecule is COC(=O)c1ccc([C@H]2CCCN2C(=O)c2ccc(C)[nH]c2=O)c(C)c1. The van der Waals surface area contributed by atoms with Crippen LogP contribution in [0.5, 0.6) is 0 Å². The zero-order valence-corrected chi connectivity index (χ0v) is 15.2. The topological polar surface area (TPSA) is 79.5 Å². The maximum atomic E-state index is 12.9. The molecule has 1 N–H and O–H groups in total. The summed E-state index contributed by atoms with van der Waals surface area (Å²) in [6, 6.07) is 8.58. The number of benzene rings is 1. The summed E-state index contributed by atoms with van der Waals surface area (Å²) in [4.78, 5) is 41.2. The van der Waals surface area contributed by atoms with E-state index in [0.717, 1.165) is 29.7 Å². The van der Waals surface area contributed by atoms with Gasteiger partial charge in [0.1, 0.15) is 5.56 Å². The van der Waals surface area contributed by atoms with Crippen molar-refractivity contribution in [3.63, 3.8) is 0 Å². The second kappa shape index (κ2) is 7.15. The standard InChI is InChI=1S/C20H22N2O4/c1-12-11-14(20(25)26-3)7-9-15(12)17-5-4-10-22(17)19(24)16-8-6-13(2)21-18(16)23/h6-9,11,17H,4-5,10H2,1-3H3,(H,21,23)/t17-/m1/s1. The molecule has 136 valence electrons. The van der Waals surface area contributed by atoms with Crippen LogP contribution in [0.3, 0.4) is 0 Å². The summed E-state index contributed by atoms with van der Waals surface area (Å²) in [5.74, 6) is -0.643. The lowest BCUT2D eigenvalue weighted by atomic mass is 9.97. The van der Waals surface area contributed by atoms with Crippen molar-refractivity contribution in [1.29, 1.82) is 0 Å². The molecular formula is C20H22N2O4. The minimum atomic E-state index is -0.384. The number of nitrogens with zero attached hydrogens (tertiary/aromatic N) is 1. The van der Waals surface area contributed by atoms with Gasteiger partial charge in [-0.3, -0.25) is 9.59 Å². The van der Waals surface area contributed by atoms with Gasteiger partial charge < -0.3 is 14.6 Å². The molecule has 1 atom stereocenters. The van der Waals surface area contributed by atoms with Crippen LogP contribution in [0, 0.1) is 13.8 Å². The lowest BCUT2D eigenvalue weighted by molar-refractivity contribution is 0.0599. The van der Waals surface area contributed by atoms with Crippen molar-refractivity contribution in [2.45, 2.75) is 32.7 Å². The van der Waals surface area contributed by atoms with Crippen LogP contribution < -0.4 is 5.56 Å². The summed E-state index contributed by atoms with van der Waals surface area (Å²) >= 11 is 0. The second-order valence-corrected chi connectivity index (χ2v) is 6.60. The van der Waals surface area contributed by atoms with E-state index in [4.69, 9.17) is 4.74 Å². The Labute approximate surface area is 151 Å². The van der Waals surface area contributed by atoms with Crippen LogP contribution in [0.25, 0.3) is 0 Å². The van der Waals surface area contributed by atoms with Crippen molar-refractivity contribution in [3.8, 4) is 0 Å². The molecule has 1 aromatic heterocycles. The van der Waals surface area contributed by atoms with Gasteiger partial charge in [0.15, 0.2) is 0 Å². The van der Waals surface area contributed by atoms with Crippen molar-refractivity contribution in [2.75, 3.05) is 13.7 Å². The molecule has 1 amide bonds. The number of H-pyrrole nitrogens is 1. The number of amides is 1. The summed E-state index contributed by atoms with van der Waals surface area (Å²) in [7, 11) is 1.35. The van der Waals surface area contributed by atoms with E-state index in [-0.39, 0.29) is 29.0 Å². The first-order valence-electron chi connectivity index (χ1n) is 8.62. The maximum Gasteiger partial charge on any atom is 0.337 e. The van der Waals surface area contributed by atoms with Gasteiger partial charge >= 0.3 is 5.97 Å². The number of pyridine rings is 1. The third-order valence-corrected chi connectivity index (χ3v) is 4.85. The first kappa shape index (κ1) is 17.9. The lowest BCUT2D eigenvalue weighted by Crippen LogP contribution is -2.34. The molecule has 0 radical (unpaired) electrons. The Kier molecular flexibility index (Phi) is 4.93. The third-order valence-electron chi connectivity index (χ3n) is 4.85. The van der Waals surface area contributed by atoms with E-state index in [1.165, 1.54) is 7.11 Å². The minimum absolute atomic E-state index is 0.102. The molecule has 1 saturated heterocycles. The van der Waals surface area contributed by atoms with Crippen LogP contribution in [0.1, 0.15) is 56.4 Å². The normalized spacial score (nSPS) is 16.6.